The predicted molar refractivity (Wildman–Crippen MR) is 56.7 cm³/mol. The van der Waals surface area contributed by atoms with Gasteiger partial charge >= 0.3 is 0 Å². The van der Waals surface area contributed by atoms with Gasteiger partial charge in [0.1, 0.15) is 5.69 Å². The van der Waals surface area contributed by atoms with Crippen molar-refractivity contribution in [2.24, 2.45) is 0 Å². The van der Waals surface area contributed by atoms with Crippen molar-refractivity contribution < 1.29 is 9.90 Å². The molecular formula is C10H17N3O2. The molecule has 0 saturated heterocycles. The number of aliphatic hydroxyl groups excluding tert-OH is 1. The highest BCUT2D eigenvalue weighted by Crippen LogP contribution is 2.03. The summed E-state index contributed by atoms with van der Waals surface area (Å²) in [6, 6.07) is 1.50. The van der Waals surface area contributed by atoms with E-state index in [0.717, 1.165) is 5.69 Å². The van der Waals surface area contributed by atoms with Gasteiger partial charge in [0.25, 0.3) is 5.91 Å². The zero-order valence-corrected chi connectivity index (χ0v) is 9.32. The molecule has 1 atom stereocenters. The molecule has 5 heteroatoms. The van der Waals surface area contributed by atoms with E-state index >= 15 is 0 Å². The monoisotopic (exact) mass is 211 g/mol. The lowest BCUT2D eigenvalue weighted by molar-refractivity contribution is 0.0911. The minimum Gasteiger partial charge on any atom is -0.394 e. The van der Waals surface area contributed by atoms with Gasteiger partial charge in [0.2, 0.25) is 0 Å². The van der Waals surface area contributed by atoms with E-state index in [9.17, 15) is 4.79 Å². The molecule has 0 spiro atoms. The van der Waals surface area contributed by atoms with Crippen LogP contribution in [0.1, 0.15) is 30.0 Å². The number of hydrogen-bond donors (Lipinski definition) is 2. The van der Waals surface area contributed by atoms with E-state index in [1.54, 1.807) is 17.7 Å². The van der Waals surface area contributed by atoms with Gasteiger partial charge in [-0.15, -0.1) is 0 Å². The van der Waals surface area contributed by atoms with Gasteiger partial charge in [0.05, 0.1) is 12.3 Å². The molecule has 15 heavy (non-hydrogen) atoms. The number of carbonyl (C=O) groups is 1. The molecule has 1 amide bonds. The smallest absolute Gasteiger partial charge is 0.269 e. The van der Waals surface area contributed by atoms with Crippen LogP contribution in [0.2, 0.25) is 0 Å². The lowest BCUT2D eigenvalue weighted by atomic mass is 10.3. The van der Waals surface area contributed by atoms with E-state index in [1.165, 1.54) is 0 Å². The number of hydrogen-bond acceptors (Lipinski definition) is 3. The normalized spacial score (nSPS) is 12.5. The Morgan fingerprint density at radius 3 is 2.93 bits per heavy atom. The van der Waals surface area contributed by atoms with Crippen molar-refractivity contribution in [1.29, 1.82) is 0 Å². The SMILES string of the molecule is CCn1nc(C)cc1C(=O)N[C@H](C)CO. The second-order valence-corrected chi connectivity index (χ2v) is 3.54. The standard InChI is InChI=1S/C10H17N3O2/c1-4-13-9(5-7(2)12-13)10(15)11-8(3)6-14/h5,8,14H,4,6H2,1-3H3,(H,11,15)/t8-/m1/s1. The van der Waals surface area contributed by atoms with Crippen LogP contribution >= 0.6 is 0 Å². The fourth-order valence-electron chi connectivity index (χ4n) is 1.31. The molecular weight excluding hydrogens is 194 g/mol. The van der Waals surface area contributed by atoms with Gasteiger partial charge in [0, 0.05) is 12.6 Å². The number of nitrogens with one attached hydrogen (secondary N) is 1. The van der Waals surface area contributed by atoms with Crippen LogP contribution in [0.4, 0.5) is 0 Å². The third-order valence-corrected chi connectivity index (χ3v) is 2.09. The minimum atomic E-state index is -0.238. The molecule has 0 aromatic carbocycles. The summed E-state index contributed by atoms with van der Waals surface area (Å²) in [4.78, 5) is 11.7. The van der Waals surface area contributed by atoms with Gasteiger partial charge in [-0.1, -0.05) is 0 Å². The number of aryl methyl sites for hydroxylation is 2. The molecule has 1 aromatic heterocycles. The highest BCUT2D eigenvalue weighted by Gasteiger charge is 2.14. The molecule has 0 aliphatic carbocycles. The Morgan fingerprint density at radius 2 is 2.40 bits per heavy atom. The molecule has 5 nitrogen and oxygen atoms in total. The zero-order valence-electron chi connectivity index (χ0n) is 9.32. The van der Waals surface area contributed by atoms with Crippen LogP contribution in [0.5, 0.6) is 0 Å². The highest BCUT2D eigenvalue weighted by atomic mass is 16.3. The first-order valence-electron chi connectivity index (χ1n) is 5.04. The molecule has 1 rings (SSSR count). The van der Waals surface area contributed by atoms with E-state index in [-0.39, 0.29) is 18.6 Å². The molecule has 0 saturated carbocycles. The zero-order chi connectivity index (χ0) is 11.4. The maximum absolute atomic E-state index is 11.7. The van der Waals surface area contributed by atoms with Gasteiger partial charge in [-0.05, 0) is 26.8 Å². The van der Waals surface area contributed by atoms with Crippen LogP contribution < -0.4 is 5.32 Å². The van der Waals surface area contributed by atoms with Gasteiger partial charge in [-0.2, -0.15) is 5.10 Å². The average Bonchev–Trinajstić information content (AvgIpc) is 2.59. The second kappa shape index (κ2) is 4.93. The van der Waals surface area contributed by atoms with Gasteiger partial charge in [-0.3, -0.25) is 9.48 Å². The number of aliphatic hydroxyl groups is 1. The Kier molecular flexibility index (Phi) is 3.85. The summed E-state index contributed by atoms with van der Waals surface area (Å²) in [6.45, 7) is 6.11. The molecule has 0 fully saturated rings. The quantitative estimate of drug-likeness (QED) is 0.753. The number of aromatic nitrogens is 2. The predicted octanol–water partition coefficient (Wildman–Crippen LogP) is 0.322. The molecule has 0 aliphatic heterocycles. The number of rotatable bonds is 4. The van der Waals surface area contributed by atoms with E-state index < -0.39 is 0 Å². The van der Waals surface area contributed by atoms with E-state index in [2.05, 4.69) is 10.4 Å². The molecule has 84 valence electrons. The molecule has 0 radical (unpaired) electrons. The Bertz CT molecular complexity index is 346. The maximum atomic E-state index is 11.7. The van der Waals surface area contributed by atoms with E-state index in [1.807, 2.05) is 13.8 Å². The summed E-state index contributed by atoms with van der Waals surface area (Å²) in [5.41, 5.74) is 1.36. The van der Waals surface area contributed by atoms with Crippen molar-refractivity contribution in [3.8, 4) is 0 Å². The van der Waals surface area contributed by atoms with Crippen LogP contribution in [0, 0.1) is 6.92 Å². The Hall–Kier alpha value is -1.36. The molecule has 1 heterocycles. The fraction of sp³-hybridized carbons (Fsp3) is 0.600. The maximum Gasteiger partial charge on any atom is 0.269 e. The first kappa shape index (κ1) is 11.7. The second-order valence-electron chi connectivity index (χ2n) is 3.54. The van der Waals surface area contributed by atoms with Gasteiger partial charge in [-0.25, -0.2) is 0 Å². The molecule has 0 aliphatic rings. The number of amides is 1. The highest BCUT2D eigenvalue weighted by molar-refractivity contribution is 5.92. The summed E-state index contributed by atoms with van der Waals surface area (Å²) in [5.74, 6) is -0.195. The lowest BCUT2D eigenvalue weighted by Gasteiger charge is -2.11. The van der Waals surface area contributed by atoms with Crippen molar-refractivity contribution in [1.82, 2.24) is 15.1 Å². The fourth-order valence-corrected chi connectivity index (χ4v) is 1.31. The molecule has 0 unspecified atom stereocenters. The molecule has 0 bridgehead atoms. The summed E-state index contributed by atoms with van der Waals surface area (Å²) >= 11 is 0. The first-order valence-corrected chi connectivity index (χ1v) is 5.04. The summed E-state index contributed by atoms with van der Waals surface area (Å²) < 4.78 is 1.65. The van der Waals surface area contributed by atoms with Crippen LogP contribution in [0.15, 0.2) is 6.07 Å². The number of carbonyl (C=O) groups excluding carboxylic acids is 1. The van der Waals surface area contributed by atoms with Gasteiger partial charge in [0.15, 0.2) is 0 Å². The molecule has 2 N–H and O–H groups in total. The van der Waals surface area contributed by atoms with Crippen molar-refractivity contribution in [2.45, 2.75) is 33.4 Å². The van der Waals surface area contributed by atoms with Crippen molar-refractivity contribution in [3.63, 3.8) is 0 Å². The Labute approximate surface area is 89.1 Å². The largest absolute Gasteiger partial charge is 0.394 e. The van der Waals surface area contributed by atoms with E-state index in [4.69, 9.17) is 5.11 Å². The topological polar surface area (TPSA) is 67.2 Å². The summed E-state index contributed by atoms with van der Waals surface area (Å²) in [6.07, 6.45) is 0. The van der Waals surface area contributed by atoms with Crippen LogP contribution in [-0.2, 0) is 6.54 Å². The third kappa shape index (κ3) is 2.79. The van der Waals surface area contributed by atoms with Crippen molar-refractivity contribution in [3.05, 3.63) is 17.5 Å². The number of nitrogens with zero attached hydrogens (tertiary/aromatic N) is 2. The Morgan fingerprint density at radius 1 is 1.73 bits per heavy atom. The van der Waals surface area contributed by atoms with Crippen molar-refractivity contribution >= 4 is 5.91 Å². The van der Waals surface area contributed by atoms with Gasteiger partial charge < -0.3 is 10.4 Å². The summed E-state index contributed by atoms with van der Waals surface area (Å²) in [5, 5.41) is 15.7. The summed E-state index contributed by atoms with van der Waals surface area (Å²) in [7, 11) is 0. The van der Waals surface area contributed by atoms with Crippen LogP contribution in [0.25, 0.3) is 0 Å². The minimum absolute atomic E-state index is 0.0645. The Balaban J connectivity index is 2.81. The first-order chi connectivity index (χ1) is 7.08. The third-order valence-electron chi connectivity index (χ3n) is 2.09. The van der Waals surface area contributed by atoms with Crippen LogP contribution in [-0.4, -0.2) is 33.4 Å². The average molecular weight is 211 g/mol. The van der Waals surface area contributed by atoms with E-state index in [0.29, 0.717) is 12.2 Å². The lowest BCUT2D eigenvalue weighted by Crippen LogP contribution is -2.36. The molecule has 1 aromatic rings. The van der Waals surface area contributed by atoms with Crippen LogP contribution in [0.3, 0.4) is 0 Å². The van der Waals surface area contributed by atoms with Crippen molar-refractivity contribution in [2.75, 3.05) is 6.61 Å².